The van der Waals surface area contributed by atoms with Gasteiger partial charge in [-0.1, -0.05) is 0 Å². The van der Waals surface area contributed by atoms with Crippen molar-refractivity contribution in [2.24, 2.45) is 0 Å². The van der Waals surface area contributed by atoms with Crippen LogP contribution in [-0.4, -0.2) is 9.97 Å². The number of hydrogen-bond acceptors (Lipinski definition) is 5. The molecule has 3 N–H and O–H groups in total. The average Bonchev–Trinajstić information content (AvgIpc) is 2.39. The van der Waals surface area contributed by atoms with Gasteiger partial charge in [0.1, 0.15) is 6.07 Å². The number of nitriles is 1. The lowest BCUT2D eigenvalue weighted by molar-refractivity contribution is 1.06. The van der Waals surface area contributed by atoms with Crippen molar-refractivity contribution in [1.82, 2.24) is 9.97 Å². The first kappa shape index (κ1) is 11.9. The zero-order valence-electron chi connectivity index (χ0n) is 10.0. The smallest absolute Gasteiger partial charge is 0.150 e. The van der Waals surface area contributed by atoms with Crippen LogP contribution in [0.25, 0.3) is 0 Å². The van der Waals surface area contributed by atoms with Crippen LogP contribution in [-0.2, 0) is 6.54 Å². The molecule has 5 nitrogen and oxygen atoms in total. The van der Waals surface area contributed by atoms with Crippen LogP contribution in [0, 0.1) is 18.3 Å². The summed E-state index contributed by atoms with van der Waals surface area (Å²) in [5.41, 5.74) is 8.85. The number of anilines is 2. The van der Waals surface area contributed by atoms with Gasteiger partial charge in [-0.2, -0.15) is 5.26 Å². The molecule has 90 valence electrons. The first-order valence-electron chi connectivity index (χ1n) is 5.50. The number of nitrogen functional groups attached to an aromatic ring is 1. The minimum atomic E-state index is 0.376. The van der Waals surface area contributed by atoms with Crippen molar-refractivity contribution in [3.05, 3.63) is 47.4 Å². The van der Waals surface area contributed by atoms with Gasteiger partial charge in [0.15, 0.2) is 5.82 Å². The van der Waals surface area contributed by atoms with Crippen molar-refractivity contribution in [2.45, 2.75) is 13.5 Å². The van der Waals surface area contributed by atoms with Gasteiger partial charge in [-0.15, -0.1) is 0 Å². The Morgan fingerprint density at radius 3 is 2.94 bits per heavy atom. The van der Waals surface area contributed by atoms with Crippen molar-refractivity contribution in [3.8, 4) is 6.07 Å². The van der Waals surface area contributed by atoms with Crippen LogP contribution >= 0.6 is 0 Å². The van der Waals surface area contributed by atoms with E-state index in [9.17, 15) is 0 Å². The van der Waals surface area contributed by atoms with Crippen molar-refractivity contribution < 1.29 is 0 Å². The van der Waals surface area contributed by atoms with E-state index in [0.717, 1.165) is 11.1 Å². The zero-order valence-corrected chi connectivity index (χ0v) is 10.0. The third-order valence-electron chi connectivity index (χ3n) is 2.70. The highest BCUT2D eigenvalue weighted by molar-refractivity contribution is 5.68. The van der Waals surface area contributed by atoms with Gasteiger partial charge >= 0.3 is 0 Å². The average molecular weight is 239 g/mol. The predicted molar refractivity (Wildman–Crippen MR) is 69.7 cm³/mol. The Labute approximate surface area is 105 Å². The van der Waals surface area contributed by atoms with Crippen molar-refractivity contribution >= 4 is 11.5 Å². The monoisotopic (exact) mass is 239 g/mol. The second-order valence-electron chi connectivity index (χ2n) is 3.89. The molecule has 5 heteroatoms. The molecule has 0 fully saturated rings. The lowest BCUT2D eigenvalue weighted by Crippen LogP contribution is -2.07. The van der Waals surface area contributed by atoms with Crippen LogP contribution in [0.1, 0.15) is 16.7 Å². The zero-order chi connectivity index (χ0) is 13.0. The molecule has 0 spiro atoms. The molecule has 0 atom stereocenters. The van der Waals surface area contributed by atoms with Crippen LogP contribution in [0.15, 0.2) is 30.7 Å². The molecule has 0 amide bonds. The lowest BCUT2D eigenvalue weighted by Gasteiger charge is -2.10. The molecule has 0 unspecified atom stereocenters. The van der Waals surface area contributed by atoms with E-state index in [-0.39, 0.29) is 0 Å². The van der Waals surface area contributed by atoms with E-state index < -0.39 is 0 Å². The summed E-state index contributed by atoms with van der Waals surface area (Å²) < 4.78 is 0. The molecule has 18 heavy (non-hydrogen) atoms. The molecule has 0 saturated carbocycles. The standard InChI is InChI=1S/C13H13N5/c1-9-2-4-16-7-11(9)8-18-13-12(15)10(6-14)3-5-17-13/h2-5,7H,8,15H2,1H3,(H,17,18). The lowest BCUT2D eigenvalue weighted by atomic mass is 10.1. The fourth-order valence-electron chi connectivity index (χ4n) is 1.57. The molecule has 2 rings (SSSR count). The summed E-state index contributed by atoms with van der Waals surface area (Å²) in [4.78, 5) is 8.19. The number of aryl methyl sites for hydroxylation is 1. The molecule has 2 aromatic rings. The molecule has 2 heterocycles. The predicted octanol–water partition coefficient (Wildman–Crippen LogP) is 1.85. The Kier molecular flexibility index (Phi) is 3.39. The van der Waals surface area contributed by atoms with E-state index in [1.807, 2.05) is 19.1 Å². The highest BCUT2D eigenvalue weighted by Gasteiger charge is 2.06. The third-order valence-corrected chi connectivity index (χ3v) is 2.70. The van der Waals surface area contributed by atoms with E-state index in [1.54, 1.807) is 24.7 Å². The van der Waals surface area contributed by atoms with E-state index in [0.29, 0.717) is 23.6 Å². The number of aromatic nitrogens is 2. The van der Waals surface area contributed by atoms with E-state index >= 15 is 0 Å². The highest BCUT2D eigenvalue weighted by atomic mass is 15.0. The fraction of sp³-hybridized carbons (Fsp3) is 0.154. The van der Waals surface area contributed by atoms with Crippen LogP contribution in [0.4, 0.5) is 11.5 Å². The number of rotatable bonds is 3. The summed E-state index contributed by atoms with van der Waals surface area (Å²) in [6.45, 7) is 2.59. The van der Waals surface area contributed by atoms with E-state index in [1.165, 1.54) is 0 Å². The first-order chi connectivity index (χ1) is 8.72. The van der Waals surface area contributed by atoms with Gasteiger partial charge in [-0.3, -0.25) is 4.98 Å². The molecular formula is C13H13N5. The maximum absolute atomic E-state index is 8.88. The van der Waals surface area contributed by atoms with E-state index in [2.05, 4.69) is 15.3 Å². The summed E-state index contributed by atoms with van der Waals surface area (Å²) >= 11 is 0. The maximum Gasteiger partial charge on any atom is 0.150 e. The summed E-state index contributed by atoms with van der Waals surface area (Å²) in [5.74, 6) is 0.525. The van der Waals surface area contributed by atoms with Crippen molar-refractivity contribution in [2.75, 3.05) is 11.1 Å². The van der Waals surface area contributed by atoms with Crippen LogP contribution < -0.4 is 11.1 Å². The Hall–Kier alpha value is -2.61. The van der Waals surface area contributed by atoms with Crippen molar-refractivity contribution in [1.29, 1.82) is 5.26 Å². The van der Waals surface area contributed by atoms with Gasteiger partial charge in [0.05, 0.1) is 11.3 Å². The van der Waals surface area contributed by atoms with Crippen LogP contribution in [0.3, 0.4) is 0 Å². The maximum atomic E-state index is 8.88. The highest BCUT2D eigenvalue weighted by Crippen LogP contribution is 2.19. The molecule has 0 aliphatic heterocycles. The molecule has 0 bridgehead atoms. The summed E-state index contributed by atoms with van der Waals surface area (Å²) in [7, 11) is 0. The topological polar surface area (TPSA) is 87.6 Å². The Morgan fingerprint density at radius 1 is 1.39 bits per heavy atom. The van der Waals surface area contributed by atoms with Crippen molar-refractivity contribution in [3.63, 3.8) is 0 Å². The minimum Gasteiger partial charge on any atom is -0.395 e. The van der Waals surface area contributed by atoms with Gasteiger partial charge in [0.25, 0.3) is 0 Å². The van der Waals surface area contributed by atoms with Gasteiger partial charge in [0.2, 0.25) is 0 Å². The first-order valence-corrected chi connectivity index (χ1v) is 5.50. The minimum absolute atomic E-state index is 0.376. The molecular weight excluding hydrogens is 226 g/mol. The van der Waals surface area contributed by atoms with Gasteiger partial charge in [-0.05, 0) is 30.2 Å². The third kappa shape index (κ3) is 2.38. The molecule has 2 aromatic heterocycles. The van der Waals surface area contributed by atoms with Gasteiger partial charge in [0, 0.05) is 25.1 Å². The summed E-state index contributed by atoms with van der Waals surface area (Å²) in [6, 6.07) is 5.56. The van der Waals surface area contributed by atoms with Crippen LogP contribution in [0.2, 0.25) is 0 Å². The second-order valence-corrected chi connectivity index (χ2v) is 3.89. The van der Waals surface area contributed by atoms with Gasteiger partial charge in [-0.25, -0.2) is 4.98 Å². The van der Waals surface area contributed by atoms with Crippen LogP contribution in [0.5, 0.6) is 0 Å². The second kappa shape index (κ2) is 5.15. The summed E-state index contributed by atoms with van der Waals surface area (Å²) in [5, 5.41) is 12.0. The number of pyridine rings is 2. The molecule has 0 aromatic carbocycles. The SMILES string of the molecule is Cc1ccncc1CNc1nccc(C#N)c1N. The number of nitrogens with zero attached hydrogens (tertiary/aromatic N) is 3. The number of nitrogens with one attached hydrogen (secondary N) is 1. The largest absolute Gasteiger partial charge is 0.395 e. The molecule has 0 aliphatic carbocycles. The molecule has 0 radical (unpaired) electrons. The molecule has 0 saturated heterocycles. The quantitative estimate of drug-likeness (QED) is 0.853. The molecule has 0 aliphatic rings. The van der Waals surface area contributed by atoms with E-state index in [4.69, 9.17) is 11.0 Å². The fourth-order valence-corrected chi connectivity index (χ4v) is 1.57. The Balaban J connectivity index is 2.17. The number of hydrogen-bond donors (Lipinski definition) is 2. The summed E-state index contributed by atoms with van der Waals surface area (Å²) in [6.07, 6.45) is 5.11. The van der Waals surface area contributed by atoms with Gasteiger partial charge < -0.3 is 11.1 Å². The Bertz CT molecular complexity index is 601. The normalized spacial score (nSPS) is 9.78. The Morgan fingerprint density at radius 2 is 2.22 bits per heavy atom. The number of nitrogens with two attached hydrogens (primary N) is 1.